The Hall–Kier alpha value is -4.04. The number of rotatable bonds is 5. The Morgan fingerprint density at radius 3 is 2.79 bits per heavy atom. The quantitative estimate of drug-likeness (QED) is 0.424. The zero-order valence-corrected chi connectivity index (χ0v) is 18.1. The van der Waals surface area contributed by atoms with E-state index in [1.165, 1.54) is 0 Å². The molecule has 1 fully saturated rings. The minimum Gasteiger partial charge on any atom is -0.378 e. The number of H-pyrrole nitrogens is 1. The Balaban J connectivity index is 1.36. The molecule has 0 amide bonds. The summed E-state index contributed by atoms with van der Waals surface area (Å²) in [4.78, 5) is 19.6. The van der Waals surface area contributed by atoms with Gasteiger partial charge in [-0.25, -0.2) is 4.98 Å². The molecule has 5 heterocycles. The van der Waals surface area contributed by atoms with Crippen LogP contribution in [0.25, 0.3) is 27.9 Å². The van der Waals surface area contributed by atoms with Crippen LogP contribution in [-0.4, -0.2) is 57.1 Å². The Bertz CT molecular complexity index is 1430. The summed E-state index contributed by atoms with van der Waals surface area (Å²) in [6.07, 6.45) is 5.68. The first-order chi connectivity index (χ1) is 16.3. The molecular weight excluding hydrogens is 414 g/mol. The van der Waals surface area contributed by atoms with Crippen LogP contribution >= 0.6 is 0 Å². The predicted octanol–water partition coefficient (Wildman–Crippen LogP) is 3.73. The number of benzene rings is 1. The number of aliphatic imine (C=N–C) groups is 1. The molecule has 5 aromatic rings. The van der Waals surface area contributed by atoms with Crippen LogP contribution in [0.15, 0.2) is 72.0 Å². The zero-order valence-electron chi connectivity index (χ0n) is 18.1. The van der Waals surface area contributed by atoms with Gasteiger partial charge < -0.3 is 14.6 Å². The Morgan fingerprint density at radius 2 is 1.91 bits per heavy atom. The van der Waals surface area contributed by atoms with E-state index in [9.17, 15) is 0 Å². The van der Waals surface area contributed by atoms with Crippen molar-refractivity contribution in [1.82, 2.24) is 24.6 Å². The van der Waals surface area contributed by atoms with Gasteiger partial charge in [-0.1, -0.05) is 24.3 Å². The SMILES string of the molecule is C(=NCc1cc(N2CCOCC2)n2nc(-c3ccccn3)cc2n1)c1c[nH]c2ccccc12. The second-order valence-electron chi connectivity index (χ2n) is 7.98. The molecule has 0 atom stereocenters. The van der Waals surface area contributed by atoms with E-state index in [4.69, 9.17) is 19.8 Å². The number of fused-ring (bicyclic) bond motifs is 2. The van der Waals surface area contributed by atoms with Crippen molar-refractivity contribution in [1.29, 1.82) is 0 Å². The average molecular weight is 438 g/mol. The number of nitrogens with zero attached hydrogens (tertiary/aromatic N) is 6. The summed E-state index contributed by atoms with van der Waals surface area (Å²) in [5, 5.41) is 5.98. The first kappa shape index (κ1) is 19.6. The van der Waals surface area contributed by atoms with E-state index in [0.29, 0.717) is 19.8 Å². The summed E-state index contributed by atoms with van der Waals surface area (Å²) < 4.78 is 7.46. The summed E-state index contributed by atoms with van der Waals surface area (Å²) >= 11 is 0. The second-order valence-corrected chi connectivity index (χ2v) is 7.98. The maximum atomic E-state index is 5.56. The number of morpholine rings is 1. The summed E-state index contributed by atoms with van der Waals surface area (Å²) in [5.41, 5.74) is 5.49. The maximum absolute atomic E-state index is 5.56. The summed E-state index contributed by atoms with van der Waals surface area (Å²) in [6, 6.07) is 18.1. The molecular formula is C25H23N7O. The fourth-order valence-electron chi connectivity index (χ4n) is 4.19. The van der Waals surface area contributed by atoms with Gasteiger partial charge >= 0.3 is 0 Å². The number of aromatic amines is 1. The van der Waals surface area contributed by atoms with Gasteiger partial charge in [0.25, 0.3) is 0 Å². The monoisotopic (exact) mass is 437 g/mol. The molecule has 0 spiro atoms. The topological polar surface area (TPSA) is 83.7 Å². The highest BCUT2D eigenvalue weighted by Gasteiger charge is 2.18. The molecule has 0 saturated carbocycles. The normalized spacial score (nSPS) is 14.6. The summed E-state index contributed by atoms with van der Waals surface area (Å²) in [6.45, 7) is 3.52. The van der Waals surface area contributed by atoms with Gasteiger partial charge in [0.2, 0.25) is 0 Å². The third-order valence-electron chi connectivity index (χ3n) is 5.83. The number of para-hydroxylation sites is 1. The van der Waals surface area contributed by atoms with Gasteiger partial charge in [-0.05, 0) is 18.2 Å². The van der Waals surface area contributed by atoms with Crippen molar-refractivity contribution in [2.75, 3.05) is 31.2 Å². The molecule has 33 heavy (non-hydrogen) atoms. The molecule has 4 aromatic heterocycles. The fraction of sp³-hybridized carbons (Fsp3) is 0.200. The van der Waals surface area contributed by atoms with E-state index in [1.807, 2.05) is 53.3 Å². The van der Waals surface area contributed by atoms with E-state index >= 15 is 0 Å². The highest BCUT2D eigenvalue weighted by atomic mass is 16.5. The van der Waals surface area contributed by atoms with Gasteiger partial charge in [0, 0.05) is 60.3 Å². The number of aromatic nitrogens is 5. The standard InChI is InChI=1S/C25H23N7O/c1-2-6-21-20(5-1)18(16-28-21)15-26-17-19-13-25(31-9-11-33-12-10-31)32-24(29-19)14-23(30-32)22-7-3-4-8-27-22/h1-8,13-16,28H,9-12,17H2. The van der Waals surface area contributed by atoms with E-state index in [1.54, 1.807) is 6.20 Å². The van der Waals surface area contributed by atoms with Crippen molar-refractivity contribution >= 4 is 28.6 Å². The molecule has 0 aliphatic carbocycles. The van der Waals surface area contributed by atoms with Crippen molar-refractivity contribution in [3.8, 4) is 11.4 Å². The number of anilines is 1. The smallest absolute Gasteiger partial charge is 0.158 e. The largest absolute Gasteiger partial charge is 0.378 e. The number of hydrogen-bond acceptors (Lipinski definition) is 6. The summed E-state index contributed by atoms with van der Waals surface area (Å²) in [7, 11) is 0. The lowest BCUT2D eigenvalue weighted by Gasteiger charge is -2.29. The van der Waals surface area contributed by atoms with E-state index in [0.717, 1.165) is 58.1 Å². The molecule has 1 aromatic carbocycles. The van der Waals surface area contributed by atoms with Gasteiger partial charge in [0.15, 0.2) is 5.65 Å². The van der Waals surface area contributed by atoms with Crippen LogP contribution in [0.2, 0.25) is 0 Å². The van der Waals surface area contributed by atoms with Crippen LogP contribution < -0.4 is 4.90 Å². The van der Waals surface area contributed by atoms with Gasteiger partial charge in [-0.15, -0.1) is 0 Å². The molecule has 8 nitrogen and oxygen atoms in total. The Kier molecular flexibility index (Phi) is 5.04. The Labute approximate surface area is 190 Å². The third-order valence-corrected chi connectivity index (χ3v) is 5.83. The number of hydrogen-bond donors (Lipinski definition) is 1. The van der Waals surface area contributed by atoms with Crippen LogP contribution in [-0.2, 0) is 11.3 Å². The molecule has 0 radical (unpaired) electrons. The van der Waals surface area contributed by atoms with E-state index < -0.39 is 0 Å². The van der Waals surface area contributed by atoms with Crippen molar-refractivity contribution in [3.05, 3.63) is 78.2 Å². The van der Waals surface area contributed by atoms with Gasteiger partial charge in [0.05, 0.1) is 31.1 Å². The number of ether oxygens (including phenoxy) is 1. The van der Waals surface area contributed by atoms with Crippen LogP contribution in [0.3, 0.4) is 0 Å². The van der Waals surface area contributed by atoms with Crippen molar-refractivity contribution in [2.24, 2.45) is 4.99 Å². The first-order valence-corrected chi connectivity index (χ1v) is 11.0. The molecule has 1 N–H and O–H groups in total. The fourth-order valence-corrected chi connectivity index (χ4v) is 4.19. The Morgan fingerprint density at radius 1 is 1.03 bits per heavy atom. The minimum atomic E-state index is 0.484. The number of nitrogens with one attached hydrogen (secondary N) is 1. The summed E-state index contributed by atoms with van der Waals surface area (Å²) in [5.74, 6) is 1.00. The predicted molar refractivity (Wildman–Crippen MR) is 129 cm³/mol. The zero-order chi connectivity index (χ0) is 22.0. The number of pyridine rings is 1. The van der Waals surface area contributed by atoms with E-state index in [-0.39, 0.29) is 0 Å². The molecule has 6 rings (SSSR count). The molecule has 0 unspecified atom stereocenters. The van der Waals surface area contributed by atoms with Crippen LogP contribution in [0.4, 0.5) is 5.82 Å². The minimum absolute atomic E-state index is 0.484. The highest BCUT2D eigenvalue weighted by Crippen LogP contribution is 2.24. The van der Waals surface area contributed by atoms with Crippen LogP contribution in [0, 0.1) is 0 Å². The molecule has 1 aliphatic rings. The molecule has 164 valence electrons. The van der Waals surface area contributed by atoms with Crippen molar-refractivity contribution in [3.63, 3.8) is 0 Å². The third kappa shape index (κ3) is 3.85. The lowest BCUT2D eigenvalue weighted by molar-refractivity contribution is 0.122. The maximum Gasteiger partial charge on any atom is 0.158 e. The van der Waals surface area contributed by atoms with Crippen molar-refractivity contribution < 1.29 is 4.74 Å². The highest BCUT2D eigenvalue weighted by molar-refractivity contribution is 5.98. The van der Waals surface area contributed by atoms with Crippen LogP contribution in [0.5, 0.6) is 0 Å². The molecule has 1 saturated heterocycles. The lowest BCUT2D eigenvalue weighted by atomic mass is 10.2. The average Bonchev–Trinajstić information content (AvgIpc) is 3.49. The molecule has 1 aliphatic heterocycles. The molecule has 0 bridgehead atoms. The molecule has 8 heteroatoms. The van der Waals surface area contributed by atoms with Gasteiger partial charge in [0.1, 0.15) is 11.5 Å². The van der Waals surface area contributed by atoms with Gasteiger partial charge in [-0.3, -0.25) is 9.98 Å². The van der Waals surface area contributed by atoms with E-state index in [2.05, 4.69) is 33.1 Å². The lowest BCUT2D eigenvalue weighted by Crippen LogP contribution is -2.37. The van der Waals surface area contributed by atoms with Gasteiger partial charge in [-0.2, -0.15) is 9.61 Å². The second kappa shape index (κ2) is 8.48. The van der Waals surface area contributed by atoms with Crippen LogP contribution in [0.1, 0.15) is 11.3 Å². The first-order valence-electron chi connectivity index (χ1n) is 11.0. The van der Waals surface area contributed by atoms with Crippen molar-refractivity contribution in [2.45, 2.75) is 6.54 Å².